The van der Waals surface area contributed by atoms with Crippen molar-refractivity contribution in [3.8, 4) is 5.75 Å². The molecule has 0 heterocycles. The van der Waals surface area contributed by atoms with E-state index in [1.54, 1.807) is 6.92 Å². The smallest absolute Gasteiger partial charge is 0.255 e. The molecule has 2 rings (SSSR count). The summed E-state index contributed by atoms with van der Waals surface area (Å²) in [7, 11) is -2.68. The number of primary sulfonamides is 1. The van der Waals surface area contributed by atoms with Crippen LogP contribution in [0.5, 0.6) is 5.75 Å². The second kappa shape index (κ2) is 7.16. The van der Waals surface area contributed by atoms with E-state index in [0.717, 1.165) is 18.2 Å². The van der Waals surface area contributed by atoms with Crippen molar-refractivity contribution in [1.29, 1.82) is 0 Å². The van der Waals surface area contributed by atoms with Gasteiger partial charge in [-0.2, -0.15) is 0 Å². The number of nitrogens with one attached hydrogen (secondary N) is 1. The van der Waals surface area contributed by atoms with Gasteiger partial charge in [0.2, 0.25) is 10.0 Å². The molecule has 0 aliphatic rings. The standard InChI is InChI=1S/C16H16F2N2O4S/c1-9(10-3-5-13(17)14(18)7-10)20-16(21)12-8-11(25(19,22)23)4-6-15(12)24-2/h3-9H,1-2H3,(H,20,21)(H2,19,22,23). The van der Waals surface area contributed by atoms with Crippen LogP contribution in [0.4, 0.5) is 8.78 Å². The molecule has 2 aromatic carbocycles. The van der Waals surface area contributed by atoms with E-state index in [9.17, 15) is 22.0 Å². The summed E-state index contributed by atoms with van der Waals surface area (Å²) in [5, 5.41) is 7.63. The molecule has 0 spiro atoms. The second-order valence-corrected chi connectivity index (χ2v) is 6.84. The van der Waals surface area contributed by atoms with Crippen LogP contribution in [0.3, 0.4) is 0 Å². The van der Waals surface area contributed by atoms with E-state index >= 15 is 0 Å². The lowest BCUT2D eigenvalue weighted by Gasteiger charge is -2.16. The predicted molar refractivity (Wildman–Crippen MR) is 86.6 cm³/mol. The third-order valence-corrected chi connectivity index (χ3v) is 4.45. The van der Waals surface area contributed by atoms with Crippen LogP contribution in [0.15, 0.2) is 41.3 Å². The molecule has 0 aliphatic carbocycles. The monoisotopic (exact) mass is 370 g/mol. The van der Waals surface area contributed by atoms with Gasteiger partial charge in [0.25, 0.3) is 5.91 Å². The topological polar surface area (TPSA) is 98.5 Å². The summed E-state index contributed by atoms with van der Waals surface area (Å²) >= 11 is 0. The number of halogens is 2. The molecule has 1 atom stereocenters. The Balaban J connectivity index is 2.31. The molecular weight excluding hydrogens is 354 g/mol. The molecule has 0 radical (unpaired) electrons. The Hall–Kier alpha value is -2.52. The zero-order valence-corrected chi connectivity index (χ0v) is 14.2. The number of hydrogen-bond donors (Lipinski definition) is 2. The van der Waals surface area contributed by atoms with E-state index < -0.39 is 33.6 Å². The SMILES string of the molecule is COc1ccc(S(N)(=O)=O)cc1C(=O)NC(C)c1ccc(F)c(F)c1. The highest BCUT2D eigenvalue weighted by molar-refractivity contribution is 7.89. The van der Waals surface area contributed by atoms with Gasteiger partial charge >= 0.3 is 0 Å². The zero-order valence-electron chi connectivity index (χ0n) is 13.4. The normalized spacial score (nSPS) is 12.5. The molecule has 1 unspecified atom stereocenters. The average molecular weight is 370 g/mol. The van der Waals surface area contributed by atoms with Gasteiger partial charge in [-0.1, -0.05) is 6.07 Å². The molecule has 0 saturated carbocycles. The number of nitrogens with two attached hydrogens (primary N) is 1. The van der Waals surface area contributed by atoms with Crippen LogP contribution >= 0.6 is 0 Å². The fraction of sp³-hybridized carbons (Fsp3) is 0.188. The van der Waals surface area contributed by atoms with Crippen molar-refractivity contribution >= 4 is 15.9 Å². The number of benzene rings is 2. The Morgan fingerprint density at radius 1 is 1.16 bits per heavy atom. The second-order valence-electron chi connectivity index (χ2n) is 5.28. The van der Waals surface area contributed by atoms with Crippen LogP contribution in [-0.2, 0) is 10.0 Å². The first-order chi connectivity index (χ1) is 11.6. The lowest BCUT2D eigenvalue weighted by Crippen LogP contribution is -2.27. The van der Waals surface area contributed by atoms with Gasteiger partial charge in [-0.25, -0.2) is 22.3 Å². The summed E-state index contributed by atoms with van der Waals surface area (Å²) in [6.07, 6.45) is 0. The summed E-state index contributed by atoms with van der Waals surface area (Å²) in [4.78, 5) is 12.2. The lowest BCUT2D eigenvalue weighted by atomic mass is 10.1. The quantitative estimate of drug-likeness (QED) is 0.842. The number of ether oxygens (including phenoxy) is 1. The van der Waals surface area contributed by atoms with Crippen molar-refractivity contribution in [2.24, 2.45) is 5.14 Å². The van der Waals surface area contributed by atoms with Crippen LogP contribution in [0.25, 0.3) is 0 Å². The largest absolute Gasteiger partial charge is 0.496 e. The Bertz CT molecular complexity index is 916. The summed E-state index contributed by atoms with van der Waals surface area (Å²) in [6.45, 7) is 1.57. The van der Waals surface area contributed by atoms with Gasteiger partial charge in [0.1, 0.15) is 5.75 Å². The van der Waals surface area contributed by atoms with E-state index in [2.05, 4.69) is 5.32 Å². The predicted octanol–water partition coefficient (Wildman–Crippen LogP) is 2.11. The third kappa shape index (κ3) is 4.31. The Kier molecular flexibility index (Phi) is 5.39. The fourth-order valence-corrected chi connectivity index (χ4v) is 2.72. The van der Waals surface area contributed by atoms with Crippen molar-refractivity contribution in [3.63, 3.8) is 0 Å². The third-order valence-electron chi connectivity index (χ3n) is 3.54. The molecule has 9 heteroatoms. The molecule has 1 amide bonds. The first-order valence-electron chi connectivity index (χ1n) is 7.10. The maximum Gasteiger partial charge on any atom is 0.255 e. The molecule has 25 heavy (non-hydrogen) atoms. The highest BCUT2D eigenvalue weighted by atomic mass is 32.2. The Morgan fingerprint density at radius 2 is 1.84 bits per heavy atom. The zero-order chi connectivity index (χ0) is 18.8. The van der Waals surface area contributed by atoms with Gasteiger partial charge < -0.3 is 10.1 Å². The van der Waals surface area contributed by atoms with E-state index in [0.29, 0.717) is 5.56 Å². The number of methoxy groups -OCH3 is 1. The van der Waals surface area contributed by atoms with Gasteiger partial charge in [0.05, 0.1) is 23.6 Å². The minimum absolute atomic E-state index is 0.0524. The summed E-state index contributed by atoms with van der Waals surface area (Å²) in [5.41, 5.74) is 0.289. The molecule has 0 aliphatic heterocycles. The van der Waals surface area contributed by atoms with Gasteiger partial charge in [-0.3, -0.25) is 4.79 Å². The number of rotatable bonds is 5. The summed E-state index contributed by atoms with van der Waals surface area (Å²) < 4.78 is 54.3. The van der Waals surface area contributed by atoms with Crippen molar-refractivity contribution in [1.82, 2.24) is 5.32 Å². The van der Waals surface area contributed by atoms with Gasteiger partial charge in [-0.05, 0) is 42.8 Å². The fourth-order valence-electron chi connectivity index (χ4n) is 2.18. The highest BCUT2D eigenvalue weighted by Gasteiger charge is 2.19. The lowest BCUT2D eigenvalue weighted by molar-refractivity contribution is 0.0936. The van der Waals surface area contributed by atoms with Gasteiger partial charge in [0, 0.05) is 0 Å². The number of carbonyl (C=O) groups excluding carboxylic acids is 1. The van der Waals surface area contributed by atoms with Crippen molar-refractivity contribution in [3.05, 3.63) is 59.2 Å². The van der Waals surface area contributed by atoms with E-state index in [-0.39, 0.29) is 16.2 Å². The first-order valence-corrected chi connectivity index (χ1v) is 8.64. The number of amides is 1. The maximum absolute atomic E-state index is 13.3. The number of sulfonamides is 1. The van der Waals surface area contributed by atoms with Crippen LogP contribution in [-0.4, -0.2) is 21.4 Å². The molecule has 2 aromatic rings. The van der Waals surface area contributed by atoms with Crippen LogP contribution in [0, 0.1) is 11.6 Å². The van der Waals surface area contributed by atoms with Gasteiger partial charge in [-0.15, -0.1) is 0 Å². The van der Waals surface area contributed by atoms with E-state index in [1.807, 2.05) is 0 Å². The maximum atomic E-state index is 13.3. The average Bonchev–Trinajstić information content (AvgIpc) is 2.55. The number of hydrogen-bond acceptors (Lipinski definition) is 4. The molecule has 6 nitrogen and oxygen atoms in total. The molecule has 0 saturated heterocycles. The van der Waals surface area contributed by atoms with Crippen molar-refractivity contribution in [2.45, 2.75) is 17.9 Å². The molecule has 134 valence electrons. The minimum Gasteiger partial charge on any atom is -0.496 e. The molecule has 0 aromatic heterocycles. The van der Waals surface area contributed by atoms with Gasteiger partial charge in [0.15, 0.2) is 11.6 Å². The van der Waals surface area contributed by atoms with Crippen LogP contribution < -0.4 is 15.2 Å². The van der Waals surface area contributed by atoms with E-state index in [4.69, 9.17) is 9.88 Å². The molecule has 3 N–H and O–H groups in total. The van der Waals surface area contributed by atoms with Crippen LogP contribution in [0.2, 0.25) is 0 Å². The molecule has 0 fully saturated rings. The molecular formula is C16H16F2N2O4S. The summed E-state index contributed by atoms with van der Waals surface area (Å²) in [6, 6.07) is 6.20. The van der Waals surface area contributed by atoms with E-state index in [1.165, 1.54) is 25.3 Å². The summed E-state index contributed by atoms with van der Waals surface area (Å²) in [5.74, 6) is -2.54. The molecule has 0 bridgehead atoms. The van der Waals surface area contributed by atoms with Crippen molar-refractivity contribution < 1.29 is 26.7 Å². The van der Waals surface area contributed by atoms with Crippen molar-refractivity contribution in [2.75, 3.05) is 7.11 Å². The first kappa shape index (κ1) is 18.8. The Labute approximate surface area is 143 Å². The number of carbonyl (C=O) groups is 1. The minimum atomic E-state index is -4.00. The van der Waals surface area contributed by atoms with Crippen LogP contribution in [0.1, 0.15) is 28.9 Å². The Morgan fingerprint density at radius 3 is 2.40 bits per heavy atom. The highest BCUT2D eigenvalue weighted by Crippen LogP contribution is 2.23.